The SMILES string of the molecule is COCCOc1ccc(N2C(=S)N[C@H](c3ccccn3)[C@H]2c2ccc(-c3ccc(F)cc3Br)o2)cc1Cl. The van der Waals surface area contributed by atoms with Crippen molar-refractivity contribution in [3.63, 3.8) is 0 Å². The van der Waals surface area contributed by atoms with Crippen molar-refractivity contribution in [2.45, 2.75) is 12.1 Å². The highest BCUT2D eigenvalue weighted by Crippen LogP contribution is 2.44. The van der Waals surface area contributed by atoms with E-state index in [1.165, 1.54) is 12.1 Å². The number of hydrogen-bond acceptors (Lipinski definition) is 5. The number of nitrogens with zero attached hydrogens (tertiary/aromatic N) is 2. The largest absolute Gasteiger partial charge is 0.490 e. The molecule has 0 radical (unpaired) electrons. The number of aromatic nitrogens is 1. The third-order valence-electron chi connectivity index (χ3n) is 5.95. The first-order chi connectivity index (χ1) is 18.0. The van der Waals surface area contributed by atoms with E-state index in [1.807, 2.05) is 53.4 Å². The summed E-state index contributed by atoms with van der Waals surface area (Å²) in [5.41, 5.74) is 2.32. The van der Waals surface area contributed by atoms with E-state index in [1.54, 1.807) is 19.4 Å². The summed E-state index contributed by atoms with van der Waals surface area (Å²) in [5, 5.41) is 4.35. The van der Waals surface area contributed by atoms with Gasteiger partial charge in [0.25, 0.3) is 0 Å². The molecule has 1 aliphatic heterocycles. The van der Waals surface area contributed by atoms with E-state index in [-0.39, 0.29) is 17.9 Å². The minimum atomic E-state index is -0.369. The predicted octanol–water partition coefficient (Wildman–Crippen LogP) is 7.10. The van der Waals surface area contributed by atoms with E-state index in [0.29, 0.717) is 45.1 Å². The number of rotatable bonds is 8. The summed E-state index contributed by atoms with van der Waals surface area (Å²) in [6.07, 6.45) is 1.74. The van der Waals surface area contributed by atoms with Gasteiger partial charge in [-0.2, -0.15) is 0 Å². The molecule has 10 heteroatoms. The van der Waals surface area contributed by atoms with Gasteiger partial charge in [0.1, 0.15) is 35.7 Å². The van der Waals surface area contributed by atoms with Crippen LogP contribution in [0.5, 0.6) is 5.75 Å². The van der Waals surface area contributed by atoms with Gasteiger partial charge in [-0.15, -0.1) is 0 Å². The molecule has 190 valence electrons. The lowest BCUT2D eigenvalue weighted by Crippen LogP contribution is -2.29. The van der Waals surface area contributed by atoms with Gasteiger partial charge in [0.2, 0.25) is 0 Å². The maximum atomic E-state index is 13.7. The van der Waals surface area contributed by atoms with Gasteiger partial charge >= 0.3 is 0 Å². The molecule has 37 heavy (non-hydrogen) atoms. The average Bonchev–Trinajstić information content (AvgIpc) is 3.50. The Morgan fingerprint density at radius 2 is 2.00 bits per heavy atom. The third kappa shape index (κ3) is 5.36. The molecule has 0 aliphatic carbocycles. The number of benzene rings is 2. The Bertz CT molecular complexity index is 1420. The fourth-order valence-corrected chi connectivity index (χ4v) is 5.38. The van der Waals surface area contributed by atoms with Crippen LogP contribution in [0.4, 0.5) is 10.1 Å². The van der Waals surface area contributed by atoms with Crippen LogP contribution in [0.3, 0.4) is 0 Å². The Morgan fingerprint density at radius 1 is 1.14 bits per heavy atom. The van der Waals surface area contributed by atoms with E-state index in [0.717, 1.165) is 16.9 Å². The van der Waals surface area contributed by atoms with Crippen molar-refractivity contribution in [2.75, 3.05) is 25.2 Å². The Hall–Kier alpha value is -2.98. The smallest absolute Gasteiger partial charge is 0.174 e. The molecule has 2 aromatic heterocycles. The van der Waals surface area contributed by atoms with E-state index in [9.17, 15) is 4.39 Å². The van der Waals surface area contributed by atoms with Crippen LogP contribution in [0.1, 0.15) is 23.5 Å². The second-order valence-electron chi connectivity index (χ2n) is 8.28. The number of thiocarbonyl (C=S) groups is 1. The van der Waals surface area contributed by atoms with Crippen molar-refractivity contribution in [3.05, 3.63) is 99.7 Å². The minimum absolute atomic E-state index is 0.291. The minimum Gasteiger partial charge on any atom is -0.490 e. The Balaban J connectivity index is 1.54. The van der Waals surface area contributed by atoms with Crippen molar-refractivity contribution >= 4 is 50.5 Å². The number of methoxy groups -OCH3 is 1. The van der Waals surface area contributed by atoms with Crippen molar-refractivity contribution in [1.29, 1.82) is 0 Å². The molecule has 0 saturated carbocycles. The number of anilines is 1. The molecule has 1 N–H and O–H groups in total. The van der Waals surface area contributed by atoms with Gasteiger partial charge in [0, 0.05) is 29.0 Å². The molecule has 4 aromatic rings. The van der Waals surface area contributed by atoms with Crippen molar-refractivity contribution in [2.24, 2.45) is 0 Å². The highest BCUT2D eigenvalue weighted by Gasteiger charge is 2.42. The highest BCUT2D eigenvalue weighted by atomic mass is 79.9. The van der Waals surface area contributed by atoms with Gasteiger partial charge < -0.3 is 24.1 Å². The van der Waals surface area contributed by atoms with Crippen molar-refractivity contribution < 1.29 is 18.3 Å². The predicted molar refractivity (Wildman–Crippen MR) is 149 cm³/mol. The van der Waals surface area contributed by atoms with Crippen LogP contribution in [-0.2, 0) is 4.74 Å². The zero-order valence-electron chi connectivity index (χ0n) is 19.7. The second kappa shape index (κ2) is 11.2. The number of hydrogen-bond donors (Lipinski definition) is 1. The van der Waals surface area contributed by atoms with Crippen LogP contribution in [0.25, 0.3) is 11.3 Å². The Labute approximate surface area is 232 Å². The highest BCUT2D eigenvalue weighted by molar-refractivity contribution is 9.10. The number of ether oxygens (including phenoxy) is 2. The molecule has 1 fully saturated rings. The summed E-state index contributed by atoms with van der Waals surface area (Å²) in [6, 6.07) is 18.8. The van der Waals surface area contributed by atoms with Gasteiger partial charge in [0.15, 0.2) is 5.11 Å². The van der Waals surface area contributed by atoms with Gasteiger partial charge in [-0.05, 0) is 88.8 Å². The summed E-state index contributed by atoms with van der Waals surface area (Å²) in [7, 11) is 1.61. The lowest BCUT2D eigenvalue weighted by atomic mass is 10.0. The van der Waals surface area contributed by atoms with E-state index in [4.69, 9.17) is 37.7 Å². The number of halogens is 3. The van der Waals surface area contributed by atoms with Crippen LogP contribution < -0.4 is 15.0 Å². The van der Waals surface area contributed by atoms with E-state index >= 15 is 0 Å². The molecule has 1 saturated heterocycles. The molecule has 1 aliphatic rings. The standard InChI is InChI=1S/C27H22BrClFN3O3S/c1-34-12-13-35-23-8-6-17(15-20(23)29)33-26(25(32-27(33)37)21-4-2-3-11-31-21)24-10-9-22(36-24)18-7-5-16(30)14-19(18)28/h2-11,14-15,25-26H,12-13H2,1H3,(H,32,37)/t25-,26-/m1/s1. The van der Waals surface area contributed by atoms with E-state index < -0.39 is 0 Å². The zero-order valence-corrected chi connectivity index (χ0v) is 22.8. The molecule has 0 bridgehead atoms. The van der Waals surface area contributed by atoms with Crippen LogP contribution in [-0.4, -0.2) is 30.4 Å². The molecular weight excluding hydrogens is 581 g/mol. The average molecular weight is 603 g/mol. The summed E-state index contributed by atoms with van der Waals surface area (Å²) >= 11 is 15.8. The lowest BCUT2D eigenvalue weighted by Gasteiger charge is -2.26. The normalized spacial score (nSPS) is 17.2. The number of furan rings is 1. The molecule has 3 heterocycles. The summed E-state index contributed by atoms with van der Waals surface area (Å²) in [4.78, 5) is 6.52. The zero-order chi connectivity index (χ0) is 25.9. The second-order valence-corrected chi connectivity index (χ2v) is 9.93. The maximum absolute atomic E-state index is 13.7. The monoisotopic (exact) mass is 601 g/mol. The van der Waals surface area contributed by atoms with Crippen LogP contribution in [0.15, 0.2) is 81.8 Å². The topological polar surface area (TPSA) is 59.8 Å². The summed E-state index contributed by atoms with van der Waals surface area (Å²) in [5.74, 6) is 1.48. The van der Waals surface area contributed by atoms with E-state index in [2.05, 4.69) is 26.2 Å². The van der Waals surface area contributed by atoms with Gasteiger partial charge in [-0.1, -0.05) is 17.7 Å². The first-order valence-corrected chi connectivity index (χ1v) is 13.0. The van der Waals surface area contributed by atoms with Crippen molar-refractivity contribution in [1.82, 2.24) is 10.3 Å². The summed E-state index contributed by atoms with van der Waals surface area (Å²) < 4.78 is 31.4. The molecule has 0 amide bonds. The lowest BCUT2D eigenvalue weighted by molar-refractivity contribution is 0.146. The molecule has 2 aromatic carbocycles. The molecule has 6 nitrogen and oxygen atoms in total. The molecule has 0 unspecified atom stereocenters. The fraction of sp³-hybridized carbons (Fsp3) is 0.185. The molecule has 5 rings (SSSR count). The Kier molecular flexibility index (Phi) is 7.76. The van der Waals surface area contributed by atoms with Crippen LogP contribution >= 0.6 is 39.7 Å². The van der Waals surface area contributed by atoms with Crippen LogP contribution in [0.2, 0.25) is 5.02 Å². The quantitative estimate of drug-likeness (QED) is 0.171. The van der Waals surface area contributed by atoms with Gasteiger partial charge in [0.05, 0.1) is 23.4 Å². The van der Waals surface area contributed by atoms with Gasteiger partial charge in [-0.25, -0.2) is 4.39 Å². The fourth-order valence-electron chi connectivity index (χ4n) is 4.26. The molecule has 0 spiro atoms. The molecule has 2 atom stereocenters. The maximum Gasteiger partial charge on any atom is 0.174 e. The van der Waals surface area contributed by atoms with Gasteiger partial charge in [-0.3, -0.25) is 4.98 Å². The number of nitrogens with one attached hydrogen (secondary N) is 1. The van der Waals surface area contributed by atoms with Crippen LogP contribution in [0, 0.1) is 5.82 Å². The number of pyridine rings is 1. The molecular formula is C27H22BrClFN3O3S. The Morgan fingerprint density at radius 3 is 2.73 bits per heavy atom. The first-order valence-electron chi connectivity index (χ1n) is 11.4. The van der Waals surface area contributed by atoms with Crippen molar-refractivity contribution in [3.8, 4) is 17.1 Å². The summed E-state index contributed by atoms with van der Waals surface area (Å²) in [6.45, 7) is 0.842. The third-order valence-corrected chi connectivity index (χ3v) is 7.22. The first kappa shape index (κ1) is 25.7.